The summed E-state index contributed by atoms with van der Waals surface area (Å²) in [4.78, 5) is 0. The molecule has 0 aromatic rings. The number of hydrogen-bond donors (Lipinski definition) is 1. The van der Waals surface area contributed by atoms with E-state index in [4.69, 9.17) is 0 Å². The third-order valence-corrected chi connectivity index (χ3v) is 7.73. The van der Waals surface area contributed by atoms with E-state index in [-0.39, 0.29) is 6.10 Å². The molecule has 0 aliphatic heterocycles. The lowest BCUT2D eigenvalue weighted by molar-refractivity contribution is 0.112. The van der Waals surface area contributed by atoms with Crippen molar-refractivity contribution in [2.45, 2.75) is 98.0 Å². The SMILES string of the molecule is CC1=C[C@@H](C2CCC(/C(C)=C/C[C@H](C)CC3=CCC(O)[C@H](C)C3)CC2)CC1. The summed E-state index contributed by atoms with van der Waals surface area (Å²) in [5.41, 5.74) is 4.86. The average molecular weight is 371 g/mol. The highest BCUT2D eigenvalue weighted by Crippen LogP contribution is 2.41. The Morgan fingerprint density at radius 1 is 1.22 bits per heavy atom. The lowest BCUT2D eigenvalue weighted by Crippen LogP contribution is -2.21. The molecule has 0 bridgehead atoms. The third-order valence-electron chi connectivity index (χ3n) is 7.73. The van der Waals surface area contributed by atoms with Crippen LogP contribution in [0.5, 0.6) is 0 Å². The van der Waals surface area contributed by atoms with Gasteiger partial charge in [0.15, 0.2) is 0 Å². The van der Waals surface area contributed by atoms with Crippen molar-refractivity contribution in [1.29, 1.82) is 0 Å². The van der Waals surface area contributed by atoms with Gasteiger partial charge in [-0.25, -0.2) is 0 Å². The van der Waals surface area contributed by atoms with Gasteiger partial charge < -0.3 is 5.11 Å². The molecule has 0 heterocycles. The average Bonchev–Trinajstić information content (AvgIpc) is 3.09. The summed E-state index contributed by atoms with van der Waals surface area (Å²) < 4.78 is 0. The highest BCUT2D eigenvalue weighted by Gasteiger charge is 2.29. The zero-order valence-corrected chi connectivity index (χ0v) is 18.2. The molecule has 3 aliphatic rings. The number of aliphatic hydroxyl groups excluding tert-OH is 1. The van der Waals surface area contributed by atoms with Gasteiger partial charge in [-0.1, -0.05) is 48.8 Å². The summed E-state index contributed by atoms with van der Waals surface area (Å²) in [6, 6.07) is 0. The highest BCUT2D eigenvalue weighted by atomic mass is 16.3. The van der Waals surface area contributed by atoms with Crippen molar-refractivity contribution in [3.05, 3.63) is 34.9 Å². The molecule has 0 spiro atoms. The van der Waals surface area contributed by atoms with Crippen LogP contribution in [0.15, 0.2) is 34.9 Å². The molecule has 3 aliphatic carbocycles. The molecule has 1 heteroatoms. The summed E-state index contributed by atoms with van der Waals surface area (Å²) in [6.45, 7) is 9.28. The summed E-state index contributed by atoms with van der Waals surface area (Å²) in [7, 11) is 0. The van der Waals surface area contributed by atoms with E-state index in [2.05, 4.69) is 45.9 Å². The maximum Gasteiger partial charge on any atom is 0.0603 e. The zero-order chi connectivity index (χ0) is 19.4. The first-order valence-electron chi connectivity index (χ1n) is 11.6. The van der Waals surface area contributed by atoms with E-state index in [1.54, 1.807) is 16.7 Å². The van der Waals surface area contributed by atoms with E-state index in [0.29, 0.717) is 5.92 Å². The maximum absolute atomic E-state index is 9.89. The third kappa shape index (κ3) is 5.83. The van der Waals surface area contributed by atoms with Gasteiger partial charge in [0.05, 0.1) is 6.10 Å². The Kier molecular flexibility index (Phi) is 7.42. The molecule has 0 aromatic heterocycles. The Morgan fingerprint density at radius 2 is 1.96 bits per heavy atom. The molecule has 0 amide bonds. The van der Waals surface area contributed by atoms with Crippen molar-refractivity contribution >= 4 is 0 Å². The quantitative estimate of drug-likeness (QED) is 0.489. The molecular weight excluding hydrogens is 328 g/mol. The molecule has 0 radical (unpaired) electrons. The highest BCUT2D eigenvalue weighted by molar-refractivity contribution is 5.12. The number of aliphatic hydroxyl groups is 1. The smallest absolute Gasteiger partial charge is 0.0603 e. The Bertz CT molecular complexity index is 573. The van der Waals surface area contributed by atoms with E-state index in [9.17, 15) is 5.11 Å². The summed E-state index contributed by atoms with van der Waals surface area (Å²) in [5, 5.41) is 9.89. The minimum Gasteiger partial charge on any atom is -0.393 e. The van der Waals surface area contributed by atoms with Crippen LogP contribution >= 0.6 is 0 Å². The zero-order valence-electron chi connectivity index (χ0n) is 18.2. The van der Waals surface area contributed by atoms with Gasteiger partial charge in [-0.3, -0.25) is 0 Å². The van der Waals surface area contributed by atoms with E-state index in [1.165, 1.54) is 51.4 Å². The monoisotopic (exact) mass is 370 g/mol. The van der Waals surface area contributed by atoms with Crippen LogP contribution in [0.2, 0.25) is 0 Å². The summed E-state index contributed by atoms with van der Waals surface area (Å²) >= 11 is 0. The number of rotatable bonds is 6. The van der Waals surface area contributed by atoms with Crippen molar-refractivity contribution in [2.75, 3.05) is 0 Å². The van der Waals surface area contributed by atoms with E-state index in [1.807, 2.05) is 0 Å². The predicted octanol–water partition coefficient (Wildman–Crippen LogP) is 7.23. The van der Waals surface area contributed by atoms with Gasteiger partial charge in [0.2, 0.25) is 0 Å². The Labute approximate surface area is 168 Å². The van der Waals surface area contributed by atoms with Crippen LogP contribution in [0, 0.1) is 29.6 Å². The van der Waals surface area contributed by atoms with Crippen LogP contribution in [0.3, 0.4) is 0 Å². The lowest BCUT2D eigenvalue weighted by Gasteiger charge is -2.32. The van der Waals surface area contributed by atoms with Gasteiger partial charge in [0, 0.05) is 0 Å². The van der Waals surface area contributed by atoms with Gasteiger partial charge >= 0.3 is 0 Å². The molecule has 3 rings (SSSR count). The minimum absolute atomic E-state index is 0.120. The summed E-state index contributed by atoms with van der Waals surface area (Å²) in [5.74, 6) is 3.84. The molecule has 0 saturated heterocycles. The fourth-order valence-corrected chi connectivity index (χ4v) is 5.70. The van der Waals surface area contributed by atoms with Crippen molar-refractivity contribution in [1.82, 2.24) is 0 Å². The Morgan fingerprint density at radius 3 is 2.59 bits per heavy atom. The first kappa shape index (κ1) is 20.9. The van der Waals surface area contributed by atoms with Gasteiger partial charge in [0.1, 0.15) is 0 Å². The fraction of sp³-hybridized carbons (Fsp3) is 0.769. The van der Waals surface area contributed by atoms with Crippen molar-refractivity contribution in [2.24, 2.45) is 29.6 Å². The molecule has 152 valence electrons. The second kappa shape index (κ2) is 9.59. The molecule has 1 nitrogen and oxygen atoms in total. The van der Waals surface area contributed by atoms with E-state index < -0.39 is 0 Å². The normalized spacial score (nSPS) is 36.3. The van der Waals surface area contributed by atoms with Crippen LogP contribution in [0.1, 0.15) is 91.9 Å². The Hall–Kier alpha value is -0.820. The van der Waals surface area contributed by atoms with Crippen LogP contribution in [-0.2, 0) is 0 Å². The molecule has 0 aromatic carbocycles. The molecule has 4 atom stereocenters. The van der Waals surface area contributed by atoms with Gasteiger partial charge in [0.25, 0.3) is 0 Å². The number of allylic oxidation sites excluding steroid dienone is 5. The van der Waals surface area contributed by atoms with E-state index in [0.717, 1.165) is 36.5 Å². The first-order valence-corrected chi connectivity index (χ1v) is 11.6. The van der Waals surface area contributed by atoms with Crippen molar-refractivity contribution in [3.63, 3.8) is 0 Å². The van der Waals surface area contributed by atoms with Gasteiger partial charge in [-0.15, -0.1) is 0 Å². The Balaban J connectivity index is 1.42. The second-order valence-electron chi connectivity index (χ2n) is 10.2. The van der Waals surface area contributed by atoms with Gasteiger partial charge in [-0.2, -0.15) is 0 Å². The largest absolute Gasteiger partial charge is 0.393 e. The van der Waals surface area contributed by atoms with Crippen LogP contribution in [0.25, 0.3) is 0 Å². The lowest BCUT2D eigenvalue weighted by atomic mass is 9.73. The standard InChI is InChI=1S/C26H42O/c1-18(15-22-8-14-26(27)21(4)17-22)5-7-20(3)23-10-12-24(13-11-23)25-9-6-19(2)16-25/h7-8,16,18,21,23-27H,5-6,9-15,17H2,1-4H3/b20-7+/t18-,21+,23?,24?,25-,26?/m0/s1. The van der Waals surface area contributed by atoms with Crippen LogP contribution < -0.4 is 0 Å². The predicted molar refractivity (Wildman–Crippen MR) is 117 cm³/mol. The fourth-order valence-electron chi connectivity index (χ4n) is 5.70. The first-order chi connectivity index (χ1) is 12.9. The topological polar surface area (TPSA) is 20.2 Å². The van der Waals surface area contributed by atoms with Crippen LogP contribution in [-0.4, -0.2) is 11.2 Å². The van der Waals surface area contributed by atoms with Crippen LogP contribution in [0.4, 0.5) is 0 Å². The molecule has 27 heavy (non-hydrogen) atoms. The second-order valence-corrected chi connectivity index (χ2v) is 10.2. The molecule has 1 fully saturated rings. The molecular formula is C26H42O. The van der Waals surface area contributed by atoms with Crippen molar-refractivity contribution in [3.8, 4) is 0 Å². The van der Waals surface area contributed by atoms with E-state index >= 15 is 0 Å². The van der Waals surface area contributed by atoms with Gasteiger partial charge in [-0.05, 0) is 108 Å². The molecule has 1 saturated carbocycles. The summed E-state index contributed by atoms with van der Waals surface area (Å²) in [6.07, 6.45) is 20.1. The maximum atomic E-state index is 9.89. The molecule has 1 unspecified atom stereocenters. The molecule has 1 N–H and O–H groups in total. The minimum atomic E-state index is -0.120. The number of hydrogen-bond acceptors (Lipinski definition) is 1. The van der Waals surface area contributed by atoms with Crippen molar-refractivity contribution < 1.29 is 5.11 Å².